The zero-order valence-corrected chi connectivity index (χ0v) is 19.6. The second kappa shape index (κ2) is 13.3. The first-order valence-corrected chi connectivity index (χ1v) is 9.90. The molecule has 2 rings (SSSR count). The number of hydrogen-bond donors (Lipinski definition) is 2. The van der Waals surface area contributed by atoms with Crippen molar-refractivity contribution in [1.82, 2.24) is 15.5 Å². The number of nitrogens with one attached hydrogen (secondary N) is 2. The summed E-state index contributed by atoms with van der Waals surface area (Å²) in [6, 6.07) is 10.9. The molecule has 2 N–H and O–H groups in total. The number of nitrogens with zero attached hydrogens (tertiary/aromatic N) is 2. The molecule has 2 atom stereocenters. The van der Waals surface area contributed by atoms with Crippen LogP contribution in [0.1, 0.15) is 32.3 Å². The predicted molar refractivity (Wildman–Crippen MR) is 125 cm³/mol. The molecule has 1 fully saturated rings. The van der Waals surface area contributed by atoms with Gasteiger partial charge in [-0.05, 0) is 51.3 Å². The summed E-state index contributed by atoms with van der Waals surface area (Å²) in [7, 11) is 4.34. The maximum absolute atomic E-state index is 5.83. The quantitative estimate of drug-likeness (QED) is 0.285. The molecule has 0 aliphatic heterocycles. The lowest BCUT2D eigenvalue weighted by Crippen LogP contribution is -2.46. The number of benzene rings is 1. The largest absolute Gasteiger partial charge is 0.376 e. The minimum atomic E-state index is 0. The first kappa shape index (κ1) is 24.2. The van der Waals surface area contributed by atoms with Crippen LogP contribution in [-0.4, -0.2) is 57.2 Å². The van der Waals surface area contributed by atoms with Gasteiger partial charge >= 0.3 is 0 Å². The molecular formula is C21H37IN4O. The molecule has 6 heteroatoms. The molecule has 2 unspecified atom stereocenters. The molecule has 154 valence electrons. The summed E-state index contributed by atoms with van der Waals surface area (Å²) in [5.74, 6) is 2.14. The van der Waals surface area contributed by atoms with Crippen molar-refractivity contribution in [3.8, 4) is 0 Å². The molecule has 0 saturated heterocycles. The van der Waals surface area contributed by atoms with E-state index in [2.05, 4.69) is 55.6 Å². The Morgan fingerprint density at radius 2 is 1.93 bits per heavy atom. The van der Waals surface area contributed by atoms with Crippen LogP contribution in [0.5, 0.6) is 0 Å². The van der Waals surface area contributed by atoms with E-state index < -0.39 is 0 Å². The minimum absolute atomic E-state index is 0. The highest BCUT2D eigenvalue weighted by atomic mass is 127. The third kappa shape index (κ3) is 9.76. The fourth-order valence-corrected chi connectivity index (χ4v) is 3.05. The van der Waals surface area contributed by atoms with Crippen LogP contribution in [-0.2, 0) is 11.3 Å². The molecule has 0 heterocycles. The maximum atomic E-state index is 5.83. The van der Waals surface area contributed by atoms with Crippen LogP contribution < -0.4 is 10.6 Å². The highest BCUT2D eigenvalue weighted by Gasteiger charge is 2.32. The third-order valence-electron chi connectivity index (χ3n) is 4.73. The molecule has 0 bridgehead atoms. The highest BCUT2D eigenvalue weighted by Crippen LogP contribution is 2.34. The minimum Gasteiger partial charge on any atom is -0.376 e. The summed E-state index contributed by atoms with van der Waals surface area (Å²) in [6.07, 6.45) is 2.71. The fourth-order valence-electron chi connectivity index (χ4n) is 3.05. The van der Waals surface area contributed by atoms with Crippen LogP contribution in [0.25, 0.3) is 0 Å². The average Bonchev–Trinajstić information content (AvgIpc) is 3.45. The van der Waals surface area contributed by atoms with E-state index >= 15 is 0 Å². The van der Waals surface area contributed by atoms with Gasteiger partial charge in [0.25, 0.3) is 0 Å². The number of aliphatic imine (C=N–C) groups is 1. The molecule has 1 aliphatic carbocycles. The smallest absolute Gasteiger partial charge is 0.191 e. The van der Waals surface area contributed by atoms with E-state index in [1.165, 1.54) is 18.4 Å². The molecule has 0 spiro atoms. The molecule has 1 aliphatic rings. The number of halogens is 1. The van der Waals surface area contributed by atoms with E-state index in [9.17, 15) is 0 Å². The number of ether oxygens (including phenoxy) is 1. The maximum Gasteiger partial charge on any atom is 0.191 e. The standard InChI is InChI=1S/C21H36N4O.HI/c1-5-22-21(24-14-20(25(3)4)19-11-12-19)23-13-17(2)15-26-16-18-9-7-6-8-10-18;/h6-10,17,19-20H,5,11-16H2,1-4H3,(H2,22,23,24);1H. The summed E-state index contributed by atoms with van der Waals surface area (Å²) < 4.78 is 5.83. The lowest BCUT2D eigenvalue weighted by Gasteiger charge is -2.25. The van der Waals surface area contributed by atoms with Crippen molar-refractivity contribution < 1.29 is 4.74 Å². The van der Waals surface area contributed by atoms with Crippen molar-refractivity contribution in [3.63, 3.8) is 0 Å². The molecule has 1 aromatic carbocycles. The van der Waals surface area contributed by atoms with E-state index in [1.807, 2.05) is 18.2 Å². The van der Waals surface area contributed by atoms with Crippen molar-refractivity contribution >= 4 is 29.9 Å². The van der Waals surface area contributed by atoms with Gasteiger partial charge in [0.1, 0.15) is 0 Å². The van der Waals surface area contributed by atoms with Crippen LogP contribution >= 0.6 is 24.0 Å². The predicted octanol–water partition coefficient (Wildman–Crippen LogP) is 3.35. The Morgan fingerprint density at radius 3 is 2.52 bits per heavy atom. The van der Waals surface area contributed by atoms with Gasteiger partial charge in [0.2, 0.25) is 0 Å². The monoisotopic (exact) mass is 488 g/mol. The zero-order chi connectivity index (χ0) is 18.8. The second-order valence-corrected chi connectivity index (χ2v) is 7.57. The summed E-state index contributed by atoms with van der Waals surface area (Å²) >= 11 is 0. The molecule has 27 heavy (non-hydrogen) atoms. The van der Waals surface area contributed by atoms with Gasteiger partial charge in [0.05, 0.1) is 13.2 Å². The molecule has 0 radical (unpaired) electrons. The number of guanidine groups is 1. The Kier molecular flexibility index (Phi) is 11.9. The lowest BCUT2D eigenvalue weighted by molar-refractivity contribution is 0.0945. The second-order valence-electron chi connectivity index (χ2n) is 7.57. The number of rotatable bonds is 11. The van der Waals surface area contributed by atoms with Crippen LogP contribution in [0.3, 0.4) is 0 Å². The molecular weight excluding hydrogens is 451 g/mol. The van der Waals surface area contributed by atoms with Gasteiger partial charge in [-0.25, -0.2) is 0 Å². The average molecular weight is 488 g/mol. The normalized spacial score (nSPS) is 16.6. The lowest BCUT2D eigenvalue weighted by atomic mass is 10.1. The molecule has 5 nitrogen and oxygen atoms in total. The summed E-state index contributed by atoms with van der Waals surface area (Å²) in [5.41, 5.74) is 1.22. The molecule has 0 aromatic heterocycles. The third-order valence-corrected chi connectivity index (χ3v) is 4.73. The SMILES string of the molecule is CCNC(=NCC(C)COCc1ccccc1)NCC(C1CC1)N(C)C.I. The van der Waals surface area contributed by atoms with Crippen molar-refractivity contribution in [2.45, 2.75) is 39.3 Å². The first-order valence-electron chi connectivity index (χ1n) is 9.90. The number of likely N-dealkylation sites (N-methyl/N-ethyl adjacent to an activating group) is 1. The van der Waals surface area contributed by atoms with E-state index in [-0.39, 0.29) is 24.0 Å². The molecule has 1 aromatic rings. The Hall–Kier alpha value is -0.860. The van der Waals surface area contributed by atoms with Crippen molar-refractivity contribution in [3.05, 3.63) is 35.9 Å². The van der Waals surface area contributed by atoms with Gasteiger partial charge in [-0.1, -0.05) is 37.3 Å². The van der Waals surface area contributed by atoms with E-state index in [4.69, 9.17) is 9.73 Å². The van der Waals surface area contributed by atoms with E-state index in [1.54, 1.807) is 0 Å². The van der Waals surface area contributed by atoms with Crippen LogP contribution in [0.2, 0.25) is 0 Å². The van der Waals surface area contributed by atoms with E-state index in [0.29, 0.717) is 18.6 Å². The Labute approximate surface area is 182 Å². The van der Waals surface area contributed by atoms with E-state index in [0.717, 1.165) is 38.1 Å². The van der Waals surface area contributed by atoms with Crippen molar-refractivity contribution in [1.29, 1.82) is 0 Å². The van der Waals surface area contributed by atoms with Crippen LogP contribution in [0.15, 0.2) is 35.3 Å². The van der Waals surface area contributed by atoms with Gasteiger partial charge < -0.3 is 20.3 Å². The number of hydrogen-bond acceptors (Lipinski definition) is 3. The van der Waals surface area contributed by atoms with Gasteiger partial charge in [0, 0.05) is 25.7 Å². The Bertz CT molecular complexity index is 532. The Balaban J connectivity index is 0.00000364. The first-order chi connectivity index (χ1) is 12.6. The Morgan fingerprint density at radius 1 is 1.22 bits per heavy atom. The van der Waals surface area contributed by atoms with Crippen LogP contribution in [0, 0.1) is 11.8 Å². The summed E-state index contributed by atoms with van der Waals surface area (Å²) in [5, 5.41) is 6.87. The zero-order valence-electron chi connectivity index (χ0n) is 17.3. The van der Waals surface area contributed by atoms with Crippen molar-refractivity contribution in [2.75, 3.05) is 40.3 Å². The van der Waals surface area contributed by atoms with Gasteiger partial charge in [-0.15, -0.1) is 24.0 Å². The topological polar surface area (TPSA) is 48.9 Å². The fraction of sp³-hybridized carbons (Fsp3) is 0.667. The van der Waals surface area contributed by atoms with Crippen LogP contribution in [0.4, 0.5) is 0 Å². The van der Waals surface area contributed by atoms with Gasteiger partial charge in [-0.3, -0.25) is 4.99 Å². The highest BCUT2D eigenvalue weighted by molar-refractivity contribution is 14.0. The van der Waals surface area contributed by atoms with Gasteiger partial charge in [0.15, 0.2) is 5.96 Å². The summed E-state index contributed by atoms with van der Waals surface area (Å²) in [4.78, 5) is 7.07. The molecule has 0 amide bonds. The molecule has 1 saturated carbocycles. The summed E-state index contributed by atoms with van der Waals surface area (Å²) in [6.45, 7) is 8.27. The van der Waals surface area contributed by atoms with Gasteiger partial charge in [-0.2, -0.15) is 0 Å². The van der Waals surface area contributed by atoms with Crippen molar-refractivity contribution in [2.24, 2.45) is 16.8 Å².